The number of ketones is 1. The maximum atomic E-state index is 13.1. The van der Waals surface area contributed by atoms with Gasteiger partial charge >= 0.3 is 0 Å². The Kier molecular flexibility index (Phi) is 3.82. The number of carbonyl (C=O) groups excluding carboxylic acids is 1. The molecule has 0 spiro atoms. The van der Waals surface area contributed by atoms with Crippen molar-refractivity contribution in [3.05, 3.63) is 101 Å². The molecule has 0 radical (unpaired) electrons. The fourth-order valence-electron chi connectivity index (χ4n) is 3.04. The highest BCUT2D eigenvalue weighted by molar-refractivity contribution is 6.17. The van der Waals surface area contributed by atoms with Gasteiger partial charge in [-0.15, -0.1) is 0 Å². The van der Waals surface area contributed by atoms with Crippen molar-refractivity contribution in [2.75, 3.05) is 0 Å². The largest absolute Gasteiger partial charge is 0.508 e. The van der Waals surface area contributed by atoms with Crippen molar-refractivity contribution in [1.82, 2.24) is 0 Å². The SMILES string of the molecule is O=C(c1cccc(O)c1)c1c(Cc2ccccc2)oc2ccccc12. The maximum absolute atomic E-state index is 13.1. The lowest BCUT2D eigenvalue weighted by Crippen LogP contribution is -2.04. The molecule has 4 rings (SSSR count). The summed E-state index contributed by atoms with van der Waals surface area (Å²) in [4.78, 5) is 13.1. The first-order valence-corrected chi connectivity index (χ1v) is 8.10. The quantitative estimate of drug-likeness (QED) is 0.539. The second-order valence-electron chi connectivity index (χ2n) is 5.94. The van der Waals surface area contributed by atoms with E-state index in [1.54, 1.807) is 18.2 Å². The van der Waals surface area contributed by atoms with Crippen molar-refractivity contribution in [2.24, 2.45) is 0 Å². The van der Waals surface area contributed by atoms with Crippen LogP contribution in [0.5, 0.6) is 5.75 Å². The number of furan rings is 1. The molecular weight excluding hydrogens is 312 g/mol. The van der Waals surface area contributed by atoms with Crippen molar-refractivity contribution in [2.45, 2.75) is 6.42 Å². The van der Waals surface area contributed by atoms with Crippen molar-refractivity contribution in [1.29, 1.82) is 0 Å². The maximum Gasteiger partial charge on any atom is 0.197 e. The van der Waals surface area contributed by atoms with Crippen LogP contribution in [0.3, 0.4) is 0 Å². The van der Waals surface area contributed by atoms with Crippen molar-refractivity contribution in [3.8, 4) is 5.75 Å². The van der Waals surface area contributed by atoms with Gasteiger partial charge in [0, 0.05) is 17.4 Å². The molecule has 0 saturated heterocycles. The number of phenolic OH excluding ortho intramolecular Hbond substituents is 1. The molecular formula is C22H16O3. The average molecular weight is 328 g/mol. The Morgan fingerprint density at radius 3 is 2.44 bits per heavy atom. The van der Waals surface area contributed by atoms with Gasteiger partial charge in [-0.25, -0.2) is 0 Å². The summed E-state index contributed by atoms with van der Waals surface area (Å²) in [5.41, 5.74) is 2.77. The number of aromatic hydroxyl groups is 1. The van der Waals surface area contributed by atoms with Crippen LogP contribution in [-0.2, 0) is 6.42 Å². The number of carbonyl (C=O) groups is 1. The Bertz CT molecular complexity index is 1050. The van der Waals surface area contributed by atoms with E-state index in [1.807, 2.05) is 54.6 Å². The first kappa shape index (κ1) is 15.2. The van der Waals surface area contributed by atoms with Gasteiger partial charge in [0.25, 0.3) is 0 Å². The third-order valence-electron chi connectivity index (χ3n) is 4.21. The fourth-order valence-corrected chi connectivity index (χ4v) is 3.04. The van der Waals surface area contributed by atoms with Crippen LogP contribution in [0.25, 0.3) is 11.0 Å². The number of para-hydroxylation sites is 1. The molecule has 0 atom stereocenters. The second-order valence-corrected chi connectivity index (χ2v) is 5.94. The van der Waals surface area contributed by atoms with Gasteiger partial charge in [-0.3, -0.25) is 4.79 Å². The van der Waals surface area contributed by atoms with Crippen LogP contribution in [0.2, 0.25) is 0 Å². The smallest absolute Gasteiger partial charge is 0.197 e. The molecule has 3 heteroatoms. The monoisotopic (exact) mass is 328 g/mol. The fraction of sp³-hybridized carbons (Fsp3) is 0.0455. The van der Waals surface area contributed by atoms with Crippen LogP contribution in [0.4, 0.5) is 0 Å². The molecule has 0 aliphatic carbocycles. The van der Waals surface area contributed by atoms with Crippen molar-refractivity contribution < 1.29 is 14.3 Å². The molecule has 0 bridgehead atoms. The second kappa shape index (κ2) is 6.29. The average Bonchev–Trinajstić information content (AvgIpc) is 2.99. The molecule has 0 saturated carbocycles. The molecule has 4 aromatic rings. The van der Waals surface area contributed by atoms with Gasteiger partial charge in [-0.1, -0.05) is 60.7 Å². The summed E-state index contributed by atoms with van der Waals surface area (Å²) in [6.45, 7) is 0. The lowest BCUT2D eigenvalue weighted by Gasteiger charge is -2.04. The standard InChI is InChI=1S/C22H16O3/c23-17-10-6-9-16(14-17)22(24)21-18-11-4-5-12-19(18)25-20(21)13-15-7-2-1-3-8-15/h1-12,14,23H,13H2. The van der Waals surface area contributed by atoms with Gasteiger partial charge in [0.2, 0.25) is 0 Å². The molecule has 0 amide bonds. The zero-order valence-corrected chi connectivity index (χ0v) is 13.5. The van der Waals surface area contributed by atoms with Gasteiger partial charge in [-0.2, -0.15) is 0 Å². The minimum Gasteiger partial charge on any atom is -0.508 e. The number of hydrogen-bond acceptors (Lipinski definition) is 3. The Morgan fingerprint density at radius 2 is 1.64 bits per heavy atom. The lowest BCUT2D eigenvalue weighted by atomic mass is 9.97. The molecule has 0 unspecified atom stereocenters. The highest BCUT2D eigenvalue weighted by atomic mass is 16.3. The predicted molar refractivity (Wildman–Crippen MR) is 97.0 cm³/mol. The van der Waals surface area contributed by atoms with Crippen LogP contribution in [0.15, 0.2) is 83.3 Å². The van der Waals surface area contributed by atoms with Gasteiger partial charge < -0.3 is 9.52 Å². The molecule has 122 valence electrons. The van der Waals surface area contributed by atoms with Gasteiger partial charge in [0.15, 0.2) is 5.78 Å². The predicted octanol–water partition coefficient (Wildman–Crippen LogP) is 4.96. The molecule has 1 aromatic heterocycles. The van der Waals surface area contributed by atoms with Gasteiger partial charge in [0.05, 0.1) is 5.56 Å². The first-order chi connectivity index (χ1) is 12.2. The normalized spacial score (nSPS) is 10.9. The molecule has 3 nitrogen and oxygen atoms in total. The summed E-state index contributed by atoms with van der Waals surface area (Å²) in [6, 6.07) is 23.9. The molecule has 0 fully saturated rings. The first-order valence-electron chi connectivity index (χ1n) is 8.10. The van der Waals surface area contributed by atoms with Crippen LogP contribution < -0.4 is 0 Å². The van der Waals surface area contributed by atoms with E-state index in [2.05, 4.69) is 0 Å². The van der Waals surface area contributed by atoms with E-state index < -0.39 is 0 Å². The zero-order chi connectivity index (χ0) is 17.2. The third-order valence-corrected chi connectivity index (χ3v) is 4.21. The molecule has 0 aliphatic rings. The minimum absolute atomic E-state index is 0.0725. The molecule has 0 aliphatic heterocycles. The summed E-state index contributed by atoms with van der Waals surface area (Å²) >= 11 is 0. The summed E-state index contributed by atoms with van der Waals surface area (Å²) in [6.07, 6.45) is 0.537. The summed E-state index contributed by atoms with van der Waals surface area (Å²) < 4.78 is 5.99. The highest BCUT2D eigenvalue weighted by Gasteiger charge is 2.22. The zero-order valence-electron chi connectivity index (χ0n) is 13.5. The Balaban J connectivity index is 1.86. The lowest BCUT2D eigenvalue weighted by molar-refractivity contribution is 0.103. The molecule has 1 heterocycles. The van der Waals surface area contributed by atoms with E-state index in [-0.39, 0.29) is 11.5 Å². The third kappa shape index (κ3) is 2.92. The van der Waals surface area contributed by atoms with Crippen LogP contribution in [0, 0.1) is 0 Å². The number of phenols is 1. The minimum atomic E-state index is -0.146. The Morgan fingerprint density at radius 1 is 0.880 bits per heavy atom. The molecule has 1 N–H and O–H groups in total. The van der Waals surface area contributed by atoms with Crippen molar-refractivity contribution in [3.63, 3.8) is 0 Å². The van der Waals surface area contributed by atoms with E-state index in [0.29, 0.717) is 28.9 Å². The van der Waals surface area contributed by atoms with E-state index in [9.17, 15) is 9.90 Å². The Labute approximate surface area is 145 Å². The van der Waals surface area contributed by atoms with E-state index >= 15 is 0 Å². The summed E-state index contributed by atoms with van der Waals surface area (Å²) in [5.74, 6) is 0.566. The van der Waals surface area contributed by atoms with E-state index in [0.717, 1.165) is 10.9 Å². The van der Waals surface area contributed by atoms with Crippen molar-refractivity contribution >= 4 is 16.8 Å². The molecule has 25 heavy (non-hydrogen) atoms. The number of fused-ring (bicyclic) bond motifs is 1. The van der Waals surface area contributed by atoms with Crippen LogP contribution >= 0.6 is 0 Å². The van der Waals surface area contributed by atoms with E-state index in [1.165, 1.54) is 6.07 Å². The number of rotatable bonds is 4. The summed E-state index contributed by atoms with van der Waals surface area (Å²) in [5, 5.41) is 10.5. The molecule has 3 aromatic carbocycles. The highest BCUT2D eigenvalue weighted by Crippen LogP contribution is 2.30. The van der Waals surface area contributed by atoms with Gasteiger partial charge in [0.1, 0.15) is 17.1 Å². The number of hydrogen-bond donors (Lipinski definition) is 1. The van der Waals surface area contributed by atoms with Crippen LogP contribution in [0.1, 0.15) is 27.2 Å². The van der Waals surface area contributed by atoms with E-state index in [4.69, 9.17) is 4.42 Å². The topological polar surface area (TPSA) is 50.4 Å². The number of benzene rings is 3. The van der Waals surface area contributed by atoms with Gasteiger partial charge in [-0.05, 0) is 23.8 Å². The summed E-state index contributed by atoms with van der Waals surface area (Å²) in [7, 11) is 0. The van der Waals surface area contributed by atoms with Crippen LogP contribution in [-0.4, -0.2) is 10.9 Å². The Hall–Kier alpha value is -3.33.